The summed E-state index contributed by atoms with van der Waals surface area (Å²) >= 11 is 5.13. The van der Waals surface area contributed by atoms with Gasteiger partial charge in [-0.05, 0) is 23.6 Å². The van der Waals surface area contributed by atoms with E-state index in [0.717, 1.165) is 25.6 Å². The number of Topliss-reactive ketones (excluding diaryl/α,β-unsaturated/α-hetero) is 1. The van der Waals surface area contributed by atoms with E-state index in [1.54, 1.807) is 11.3 Å². The Bertz CT molecular complexity index is 880. The number of nitrogens with one attached hydrogen (secondary N) is 1. The molecule has 1 aliphatic rings. The Morgan fingerprint density at radius 1 is 1.29 bits per heavy atom. The Morgan fingerprint density at radius 2 is 2.14 bits per heavy atom. The molecule has 106 valence electrons. The first-order chi connectivity index (χ1) is 10.2. The quantitative estimate of drug-likeness (QED) is 0.675. The number of benzene rings is 1. The van der Waals surface area contributed by atoms with E-state index >= 15 is 0 Å². The van der Waals surface area contributed by atoms with E-state index in [1.165, 1.54) is 0 Å². The first-order valence-electron chi connectivity index (χ1n) is 6.64. The number of aromatic nitrogens is 1. The minimum absolute atomic E-state index is 0.0223. The van der Waals surface area contributed by atoms with Gasteiger partial charge in [0.2, 0.25) is 0 Å². The van der Waals surface area contributed by atoms with Crippen LogP contribution in [0.4, 0.5) is 0 Å². The molecule has 0 aliphatic carbocycles. The number of ketones is 1. The molecule has 1 aromatic carbocycles. The van der Waals surface area contributed by atoms with Crippen LogP contribution in [0.1, 0.15) is 12.5 Å². The van der Waals surface area contributed by atoms with E-state index < -0.39 is 6.04 Å². The second-order valence-electron chi connectivity index (χ2n) is 5.05. The standard InChI is InChI=1S/C15H11BrN2O2S/c16-9-2-1-3-10-12(9)8-5-7-21-15(8)18(10)13-11(19)4-6-17-14(13)20/h1-3,5,7,13H,4,6H2,(H,17,20). The normalized spacial score (nSPS) is 19.4. The van der Waals surface area contributed by atoms with Crippen molar-refractivity contribution in [2.24, 2.45) is 0 Å². The van der Waals surface area contributed by atoms with Gasteiger partial charge in [0, 0.05) is 28.2 Å². The Hall–Kier alpha value is -1.66. The van der Waals surface area contributed by atoms with Gasteiger partial charge in [-0.25, -0.2) is 0 Å². The second kappa shape index (κ2) is 4.68. The van der Waals surface area contributed by atoms with Gasteiger partial charge in [0.05, 0.1) is 5.52 Å². The number of halogens is 1. The molecule has 21 heavy (non-hydrogen) atoms. The molecule has 0 spiro atoms. The predicted molar refractivity (Wildman–Crippen MR) is 86.7 cm³/mol. The van der Waals surface area contributed by atoms with Gasteiger partial charge in [-0.15, -0.1) is 11.3 Å². The van der Waals surface area contributed by atoms with Crippen LogP contribution >= 0.6 is 27.3 Å². The lowest BCUT2D eigenvalue weighted by molar-refractivity contribution is -0.135. The highest BCUT2D eigenvalue weighted by Gasteiger charge is 2.34. The summed E-state index contributed by atoms with van der Waals surface area (Å²) in [5, 5.41) is 6.92. The van der Waals surface area contributed by atoms with Crippen molar-refractivity contribution in [3.63, 3.8) is 0 Å². The number of amides is 1. The monoisotopic (exact) mass is 362 g/mol. The van der Waals surface area contributed by atoms with Crippen molar-refractivity contribution < 1.29 is 9.59 Å². The van der Waals surface area contributed by atoms with Crippen LogP contribution in [0.2, 0.25) is 0 Å². The Labute approximate surface area is 132 Å². The van der Waals surface area contributed by atoms with Gasteiger partial charge in [0.25, 0.3) is 5.91 Å². The van der Waals surface area contributed by atoms with Gasteiger partial charge in [-0.3, -0.25) is 9.59 Å². The molecule has 4 nitrogen and oxygen atoms in total. The number of piperidine rings is 1. The van der Waals surface area contributed by atoms with E-state index in [9.17, 15) is 9.59 Å². The number of nitrogens with zero attached hydrogens (tertiary/aromatic N) is 1. The molecule has 4 rings (SSSR count). The number of hydrogen-bond donors (Lipinski definition) is 1. The second-order valence-corrected chi connectivity index (χ2v) is 6.80. The van der Waals surface area contributed by atoms with Gasteiger partial charge in [-0.1, -0.05) is 22.0 Å². The highest BCUT2D eigenvalue weighted by molar-refractivity contribution is 9.10. The van der Waals surface area contributed by atoms with E-state index in [4.69, 9.17) is 0 Å². The highest BCUT2D eigenvalue weighted by Crippen LogP contribution is 2.39. The molecule has 1 unspecified atom stereocenters. The lowest BCUT2D eigenvalue weighted by Gasteiger charge is -2.23. The molecule has 0 radical (unpaired) electrons. The van der Waals surface area contributed by atoms with Crippen molar-refractivity contribution in [1.82, 2.24) is 9.88 Å². The van der Waals surface area contributed by atoms with Crippen molar-refractivity contribution in [3.8, 4) is 0 Å². The Balaban J connectivity index is 2.11. The van der Waals surface area contributed by atoms with Gasteiger partial charge in [0.15, 0.2) is 11.8 Å². The van der Waals surface area contributed by atoms with Crippen molar-refractivity contribution in [2.45, 2.75) is 12.5 Å². The highest BCUT2D eigenvalue weighted by atomic mass is 79.9. The summed E-state index contributed by atoms with van der Waals surface area (Å²) in [5.41, 5.74) is 0.918. The van der Waals surface area contributed by atoms with Crippen molar-refractivity contribution >= 4 is 60.1 Å². The predicted octanol–water partition coefficient (Wildman–Crippen LogP) is 3.25. The molecule has 2 aromatic heterocycles. The lowest BCUT2D eigenvalue weighted by atomic mass is 10.0. The van der Waals surface area contributed by atoms with Crippen LogP contribution in [0.3, 0.4) is 0 Å². The maximum Gasteiger partial charge on any atom is 0.250 e. The summed E-state index contributed by atoms with van der Waals surface area (Å²) in [6, 6.07) is 7.15. The summed E-state index contributed by atoms with van der Waals surface area (Å²) in [6.07, 6.45) is 0.386. The minimum atomic E-state index is -0.758. The van der Waals surface area contributed by atoms with E-state index in [1.807, 2.05) is 34.2 Å². The summed E-state index contributed by atoms with van der Waals surface area (Å²) < 4.78 is 2.86. The summed E-state index contributed by atoms with van der Waals surface area (Å²) in [7, 11) is 0. The molecule has 0 saturated carbocycles. The molecule has 1 N–H and O–H groups in total. The van der Waals surface area contributed by atoms with Gasteiger partial charge in [-0.2, -0.15) is 0 Å². The van der Waals surface area contributed by atoms with Crippen LogP contribution in [0, 0.1) is 0 Å². The molecule has 3 heterocycles. The number of fused-ring (bicyclic) bond motifs is 3. The zero-order valence-corrected chi connectivity index (χ0v) is 13.3. The average Bonchev–Trinajstić information content (AvgIpc) is 3.01. The van der Waals surface area contributed by atoms with E-state index in [-0.39, 0.29) is 11.7 Å². The molecular formula is C15H11BrN2O2S. The topological polar surface area (TPSA) is 51.1 Å². The van der Waals surface area contributed by atoms with Crippen LogP contribution in [0.5, 0.6) is 0 Å². The summed E-state index contributed by atoms with van der Waals surface area (Å²) in [4.78, 5) is 25.5. The first-order valence-corrected chi connectivity index (χ1v) is 8.32. The van der Waals surface area contributed by atoms with Gasteiger partial charge in [0.1, 0.15) is 4.83 Å². The third kappa shape index (κ3) is 1.79. The van der Waals surface area contributed by atoms with Gasteiger partial charge >= 0.3 is 0 Å². The van der Waals surface area contributed by atoms with Crippen LogP contribution < -0.4 is 5.32 Å². The molecule has 1 aliphatic heterocycles. The number of thiophene rings is 1. The van der Waals surface area contributed by atoms with Crippen LogP contribution in [0.15, 0.2) is 34.1 Å². The van der Waals surface area contributed by atoms with Crippen molar-refractivity contribution in [2.75, 3.05) is 6.54 Å². The first kappa shape index (κ1) is 13.0. The van der Waals surface area contributed by atoms with E-state index in [2.05, 4.69) is 21.2 Å². The molecule has 1 amide bonds. The zero-order chi connectivity index (χ0) is 14.6. The maximum absolute atomic E-state index is 12.3. The molecule has 1 saturated heterocycles. The summed E-state index contributed by atoms with van der Waals surface area (Å²) in [6.45, 7) is 0.435. The van der Waals surface area contributed by atoms with Crippen LogP contribution in [-0.2, 0) is 9.59 Å². The van der Waals surface area contributed by atoms with E-state index in [0.29, 0.717) is 13.0 Å². The number of rotatable bonds is 1. The lowest BCUT2D eigenvalue weighted by Crippen LogP contribution is -2.43. The smallest absolute Gasteiger partial charge is 0.250 e. The third-order valence-electron chi connectivity index (χ3n) is 3.87. The van der Waals surface area contributed by atoms with Crippen LogP contribution in [-0.4, -0.2) is 22.8 Å². The average molecular weight is 363 g/mol. The maximum atomic E-state index is 12.3. The minimum Gasteiger partial charge on any atom is -0.353 e. The number of carbonyl (C=O) groups excluding carboxylic acids is 2. The fourth-order valence-electron chi connectivity index (χ4n) is 2.97. The van der Waals surface area contributed by atoms with Crippen LogP contribution in [0.25, 0.3) is 21.1 Å². The molecule has 0 bridgehead atoms. The van der Waals surface area contributed by atoms with Crippen molar-refractivity contribution in [1.29, 1.82) is 0 Å². The molecule has 6 heteroatoms. The van der Waals surface area contributed by atoms with Crippen molar-refractivity contribution in [3.05, 3.63) is 34.1 Å². The molecule has 1 fully saturated rings. The van der Waals surface area contributed by atoms with Gasteiger partial charge < -0.3 is 9.88 Å². The third-order valence-corrected chi connectivity index (χ3v) is 5.44. The fourth-order valence-corrected chi connectivity index (χ4v) is 4.49. The molecular weight excluding hydrogens is 352 g/mol. The number of hydrogen-bond acceptors (Lipinski definition) is 3. The largest absolute Gasteiger partial charge is 0.353 e. The summed E-state index contributed by atoms with van der Waals surface area (Å²) in [5.74, 6) is -0.232. The zero-order valence-electron chi connectivity index (χ0n) is 10.9. The molecule has 3 aromatic rings. The Kier molecular flexibility index (Phi) is 2.90. The molecule has 1 atom stereocenters. The fraction of sp³-hybridized carbons (Fsp3) is 0.200. The SMILES string of the molecule is O=C1CCNC(=O)C1n1c2cccc(Br)c2c2ccsc21. The Morgan fingerprint density at radius 3 is 2.95 bits per heavy atom. The number of carbonyl (C=O) groups is 2.